The van der Waals surface area contributed by atoms with Crippen molar-refractivity contribution in [3.8, 4) is 0 Å². The molecule has 0 saturated heterocycles. The third kappa shape index (κ3) is 4.76. The predicted octanol–water partition coefficient (Wildman–Crippen LogP) is 3.65. The van der Waals surface area contributed by atoms with Crippen LogP contribution in [0.25, 0.3) is 0 Å². The third-order valence-electron chi connectivity index (χ3n) is 2.85. The van der Waals surface area contributed by atoms with Crippen molar-refractivity contribution < 1.29 is 4.79 Å². The molecule has 0 atom stereocenters. The van der Waals surface area contributed by atoms with Gasteiger partial charge in [-0.1, -0.05) is 36.9 Å². The standard InChI is InChI=1S/C14H20N4OS3/c1-8(2)13-16-9(3)11(22-13)12(19)15-6-5-7-20-14-18-17-10(4)21-14/h8H,5-7H2,1-4H3,(H,15,19). The molecule has 0 aliphatic carbocycles. The minimum absolute atomic E-state index is 0.0151. The molecule has 0 spiro atoms. The number of carbonyl (C=O) groups is 1. The Morgan fingerprint density at radius 1 is 1.27 bits per heavy atom. The molecule has 0 aliphatic heterocycles. The van der Waals surface area contributed by atoms with Crippen molar-refractivity contribution in [2.45, 2.75) is 44.4 Å². The van der Waals surface area contributed by atoms with Crippen LogP contribution in [-0.2, 0) is 0 Å². The summed E-state index contributed by atoms with van der Waals surface area (Å²) in [6, 6.07) is 0. The summed E-state index contributed by atoms with van der Waals surface area (Å²) in [5.74, 6) is 1.27. The SMILES string of the molecule is Cc1nnc(SCCCNC(=O)c2sc(C(C)C)nc2C)s1. The number of aromatic nitrogens is 3. The normalized spacial score (nSPS) is 11.1. The average molecular weight is 357 g/mol. The number of nitrogens with zero attached hydrogens (tertiary/aromatic N) is 3. The minimum Gasteiger partial charge on any atom is -0.351 e. The fourth-order valence-electron chi connectivity index (χ4n) is 1.73. The number of hydrogen-bond acceptors (Lipinski definition) is 7. The second-order valence-electron chi connectivity index (χ2n) is 5.17. The van der Waals surface area contributed by atoms with E-state index in [9.17, 15) is 4.79 Å². The fourth-order valence-corrected chi connectivity index (χ4v) is 4.54. The Morgan fingerprint density at radius 3 is 2.64 bits per heavy atom. The highest BCUT2D eigenvalue weighted by Gasteiger charge is 2.16. The van der Waals surface area contributed by atoms with Crippen LogP contribution in [0, 0.1) is 13.8 Å². The van der Waals surface area contributed by atoms with Crippen LogP contribution in [-0.4, -0.2) is 33.4 Å². The van der Waals surface area contributed by atoms with E-state index in [0.29, 0.717) is 12.5 Å². The molecule has 2 aromatic rings. The van der Waals surface area contributed by atoms with E-state index in [1.165, 1.54) is 11.3 Å². The molecule has 0 saturated carbocycles. The van der Waals surface area contributed by atoms with E-state index >= 15 is 0 Å². The summed E-state index contributed by atoms with van der Waals surface area (Å²) in [5.41, 5.74) is 0.824. The van der Waals surface area contributed by atoms with E-state index in [1.54, 1.807) is 23.1 Å². The third-order valence-corrected chi connectivity index (χ3v) is 6.37. The molecule has 120 valence electrons. The maximum absolute atomic E-state index is 12.2. The van der Waals surface area contributed by atoms with Gasteiger partial charge < -0.3 is 5.32 Å². The van der Waals surface area contributed by atoms with Crippen LogP contribution >= 0.6 is 34.4 Å². The lowest BCUT2D eigenvalue weighted by Gasteiger charge is -2.03. The second kappa shape index (κ2) is 8.03. The molecule has 8 heteroatoms. The van der Waals surface area contributed by atoms with Crippen molar-refractivity contribution in [1.29, 1.82) is 0 Å². The lowest BCUT2D eigenvalue weighted by Crippen LogP contribution is -2.24. The number of aryl methyl sites for hydroxylation is 2. The Morgan fingerprint density at radius 2 is 2.05 bits per heavy atom. The van der Waals surface area contributed by atoms with Crippen molar-refractivity contribution in [1.82, 2.24) is 20.5 Å². The maximum Gasteiger partial charge on any atom is 0.263 e. The molecular formula is C14H20N4OS3. The monoisotopic (exact) mass is 356 g/mol. The lowest BCUT2D eigenvalue weighted by atomic mass is 10.2. The van der Waals surface area contributed by atoms with Gasteiger partial charge in [-0.3, -0.25) is 4.79 Å². The zero-order valence-electron chi connectivity index (χ0n) is 13.2. The van der Waals surface area contributed by atoms with Gasteiger partial charge in [0.1, 0.15) is 9.88 Å². The molecule has 0 radical (unpaired) electrons. The molecule has 2 rings (SSSR count). The van der Waals surface area contributed by atoms with Gasteiger partial charge in [-0.25, -0.2) is 4.98 Å². The van der Waals surface area contributed by atoms with E-state index < -0.39 is 0 Å². The van der Waals surface area contributed by atoms with E-state index in [1.807, 2.05) is 13.8 Å². The van der Waals surface area contributed by atoms with Gasteiger partial charge in [0.2, 0.25) is 0 Å². The highest BCUT2D eigenvalue weighted by Crippen LogP contribution is 2.24. The van der Waals surface area contributed by atoms with Crippen LogP contribution in [0.4, 0.5) is 0 Å². The molecule has 22 heavy (non-hydrogen) atoms. The molecule has 0 unspecified atom stereocenters. The van der Waals surface area contributed by atoms with Crippen LogP contribution in [0.15, 0.2) is 4.34 Å². The quantitative estimate of drug-likeness (QED) is 0.606. The Hall–Kier alpha value is -0.990. The van der Waals surface area contributed by atoms with Crippen molar-refractivity contribution in [2.24, 2.45) is 0 Å². The largest absolute Gasteiger partial charge is 0.351 e. The Balaban J connectivity index is 1.73. The summed E-state index contributed by atoms with van der Waals surface area (Å²) in [6.07, 6.45) is 0.907. The van der Waals surface area contributed by atoms with Gasteiger partial charge in [0, 0.05) is 18.2 Å². The Bertz CT molecular complexity index is 636. The van der Waals surface area contributed by atoms with Gasteiger partial charge in [0.25, 0.3) is 5.91 Å². The number of carbonyl (C=O) groups excluding carboxylic acids is 1. The van der Waals surface area contributed by atoms with Crippen molar-refractivity contribution >= 4 is 40.3 Å². The molecule has 2 aromatic heterocycles. The minimum atomic E-state index is -0.0151. The molecule has 1 N–H and O–H groups in total. The lowest BCUT2D eigenvalue weighted by molar-refractivity contribution is 0.0957. The smallest absolute Gasteiger partial charge is 0.263 e. The van der Waals surface area contributed by atoms with Crippen molar-refractivity contribution in [2.75, 3.05) is 12.3 Å². The Labute approximate surface area is 143 Å². The summed E-state index contributed by atoms with van der Waals surface area (Å²) in [6.45, 7) is 8.69. The predicted molar refractivity (Wildman–Crippen MR) is 93.3 cm³/mol. The summed E-state index contributed by atoms with van der Waals surface area (Å²) >= 11 is 4.78. The van der Waals surface area contributed by atoms with Gasteiger partial charge >= 0.3 is 0 Å². The molecule has 1 amide bonds. The van der Waals surface area contributed by atoms with Crippen LogP contribution < -0.4 is 5.32 Å². The number of hydrogen-bond donors (Lipinski definition) is 1. The summed E-state index contributed by atoms with van der Waals surface area (Å²) in [5, 5.41) is 13.0. The number of nitrogens with one attached hydrogen (secondary N) is 1. The van der Waals surface area contributed by atoms with Gasteiger partial charge in [0.05, 0.1) is 10.7 Å². The van der Waals surface area contributed by atoms with Crippen LogP contribution in [0.3, 0.4) is 0 Å². The van der Waals surface area contributed by atoms with Crippen molar-refractivity contribution in [3.63, 3.8) is 0 Å². The van der Waals surface area contributed by atoms with Gasteiger partial charge in [-0.2, -0.15) is 0 Å². The molecular weight excluding hydrogens is 336 g/mol. The summed E-state index contributed by atoms with van der Waals surface area (Å²) in [4.78, 5) is 17.4. The van der Waals surface area contributed by atoms with Crippen LogP contribution in [0.2, 0.25) is 0 Å². The Kier molecular flexibility index (Phi) is 6.34. The zero-order chi connectivity index (χ0) is 16.1. The van der Waals surface area contributed by atoms with E-state index in [0.717, 1.165) is 37.1 Å². The maximum atomic E-state index is 12.2. The zero-order valence-corrected chi connectivity index (χ0v) is 15.6. The van der Waals surface area contributed by atoms with E-state index in [-0.39, 0.29) is 5.91 Å². The molecule has 0 bridgehead atoms. The number of amides is 1. The van der Waals surface area contributed by atoms with Crippen molar-refractivity contribution in [3.05, 3.63) is 20.6 Å². The fraction of sp³-hybridized carbons (Fsp3) is 0.571. The number of thioether (sulfide) groups is 1. The van der Waals surface area contributed by atoms with Gasteiger partial charge in [0.15, 0.2) is 4.34 Å². The van der Waals surface area contributed by atoms with E-state index in [2.05, 4.69) is 34.3 Å². The summed E-state index contributed by atoms with van der Waals surface area (Å²) in [7, 11) is 0. The second-order valence-corrected chi connectivity index (χ2v) is 8.72. The van der Waals surface area contributed by atoms with Gasteiger partial charge in [-0.15, -0.1) is 21.5 Å². The molecule has 5 nitrogen and oxygen atoms in total. The molecule has 0 fully saturated rings. The molecule has 0 aliphatic rings. The first-order valence-corrected chi connectivity index (χ1v) is 9.77. The van der Waals surface area contributed by atoms with Crippen LogP contribution in [0.5, 0.6) is 0 Å². The highest BCUT2D eigenvalue weighted by molar-refractivity contribution is 8.01. The summed E-state index contributed by atoms with van der Waals surface area (Å²) < 4.78 is 0.990. The van der Waals surface area contributed by atoms with Gasteiger partial charge in [-0.05, 0) is 20.3 Å². The number of rotatable bonds is 7. The highest BCUT2D eigenvalue weighted by atomic mass is 32.2. The molecule has 2 heterocycles. The first-order valence-electron chi connectivity index (χ1n) is 7.15. The first-order chi connectivity index (χ1) is 10.5. The average Bonchev–Trinajstić information content (AvgIpc) is 3.04. The molecule has 0 aromatic carbocycles. The topological polar surface area (TPSA) is 67.8 Å². The van der Waals surface area contributed by atoms with Crippen LogP contribution in [0.1, 0.15) is 51.6 Å². The first kappa shape index (κ1) is 17.4. The van der Waals surface area contributed by atoms with E-state index in [4.69, 9.17) is 0 Å². The number of thiazole rings is 1.